The van der Waals surface area contributed by atoms with Gasteiger partial charge in [0, 0.05) is 0 Å². The molecule has 2 rings (SSSR count). The molecule has 0 fully saturated rings. The van der Waals surface area contributed by atoms with Gasteiger partial charge in [-0.2, -0.15) is 11.3 Å². The molecule has 1 aliphatic carbocycles. The molecule has 1 aliphatic rings. The number of thiophene rings is 1. The Morgan fingerprint density at radius 1 is 0.786 bits per heavy atom. The monoisotopic (exact) mass is 214 g/mol. The third kappa shape index (κ3) is 5.43. The summed E-state index contributed by atoms with van der Waals surface area (Å²) in [7, 11) is 0. The van der Waals surface area contributed by atoms with Gasteiger partial charge in [-0.25, -0.2) is 0 Å². The van der Waals surface area contributed by atoms with Gasteiger partial charge in [0.2, 0.25) is 0 Å². The van der Waals surface area contributed by atoms with Gasteiger partial charge in [0.15, 0.2) is 0 Å². The van der Waals surface area contributed by atoms with E-state index in [9.17, 15) is 0 Å². The zero-order chi connectivity index (χ0) is 11.4. The maximum Gasteiger partial charge on any atom is -0.00584 e. The van der Waals surface area contributed by atoms with Crippen molar-refractivity contribution in [2.75, 3.05) is 0 Å². The van der Waals surface area contributed by atoms with Crippen LogP contribution in [0.2, 0.25) is 0 Å². The summed E-state index contributed by atoms with van der Waals surface area (Å²) in [5, 5.41) is 4.56. The molecule has 14 heavy (non-hydrogen) atoms. The molecule has 0 spiro atoms. The highest BCUT2D eigenvalue weighted by Crippen LogP contribution is 2.24. The number of fused-ring (bicyclic) bond motifs is 1. The van der Waals surface area contributed by atoms with Crippen molar-refractivity contribution in [3.8, 4) is 0 Å². The standard InChI is InChI=1S/C7H8S.3C2H6/c1-2-6-4-8-5-7(6)3-1;3*1-2/h4-5H,1-3H2;3*1-2H3. The summed E-state index contributed by atoms with van der Waals surface area (Å²) in [6.45, 7) is 12.0. The lowest BCUT2D eigenvalue weighted by molar-refractivity contribution is 0.911. The quantitative estimate of drug-likeness (QED) is 0.548. The highest BCUT2D eigenvalue weighted by molar-refractivity contribution is 7.08. The Hall–Kier alpha value is -0.300. The summed E-state index contributed by atoms with van der Waals surface area (Å²) < 4.78 is 0. The average Bonchev–Trinajstić information content (AvgIpc) is 2.89. The van der Waals surface area contributed by atoms with E-state index in [1.807, 2.05) is 52.9 Å². The van der Waals surface area contributed by atoms with E-state index in [0.717, 1.165) is 0 Å². The molecular weight excluding hydrogens is 188 g/mol. The number of rotatable bonds is 0. The largest absolute Gasteiger partial charge is 0.152 e. The van der Waals surface area contributed by atoms with Crippen LogP contribution in [0.1, 0.15) is 59.1 Å². The average molecular weight is 214 g/mol. The Balaban J connectivity index is 0. The van der Waals surface area contributed by atoms with E-state index in [-0.39, 0.29) is 0 Å². The van der Waals surface area contributed by atoms with Crippen LogP contribution >= 0.6 is 11.3 Å². The van der Waals surface area contributed by atoms with Crippen molar-refractivity contribution < 1.29 is 0 Å². The zero-order valence-corrected chi connectivity index (χ0v) is 11.5. The summed E-state index contributed by atoms with van der Waals surface area (Å²) in [6.07, 6.45) is 4.05. The van der Waals surface area contributed by atoms with Gasteiger partial charge in [0.05, 0.1) is 0 Å². The van der Waals surface area contributed by atoms with Gasteiger partial charge in [-0.3, -0.25) is 0 Å². The SMILES string of the molecule is CC.CC.CC.c1scc2c1CCC2. The Bertz CT molecular complexity index is 170. The van der Waals surface area contributed by atoms with Gasteiger partial charge in [-0.1, -0.05) is 41.5 Å². The second kappa shape index (κ2) is 12.7. The summed E-state index contributed by atoms with van der Waals surface area (Å²) in [4.78, 5) is 0. The van der Waals surface area contributed by atoms with Crippen molar-refractivity contribution in [1.82, 2.24) is 0 Å². The van der Waals surface area contributed by atoms with E-state index in [2.05, 4.69) is 10.8 Å². The van der Waals surface area contributed by atoms with E-state index in [0.29, 0.717) is 0 Å². The molecule has 0 saturated carbocycles. The zero-order valence-electron chi connectivity index (χ0n) is 10.7. The van der Waals surface area contributed by atoms with Crippen molar-refractivity contribution >= 4 is 11.3 Å². The van der Waals surface area contributed by atoms with Crippen molar-refractivity contribution in [2.45, 2.75) is 60.8 Å². The second-order valence-electron chi connectivity index (χ2n) is 2.28. The summed E-state index contributed by atoms with van der Waals surface area (Å²) in [5.41, 5.74) is 3.21. The van der Waals surface area contributed by atoms with Gasteiger partial charge in [-0.05, 0) is 41.1 Å². The lowest BCUT2D eigenvalue weighted by atomic mass is 10.2. The Labute approximate surface area is 94.4 Å². The van der Waals surface area contributed by atoms with Crippen LogP contribution in [0.5, 0.6) is 0 Å². The summed E-state index contributed by atoms with van der Waals surface area (Å²) in [6, 6.07) is 0. The Morgan fingerprint density at radius 3 is 1.50 bits per heavy atom. The van der Waals surface area contributed by atoms with Crippen LogP contribution in [0.4, 0.5) is 0 Å². The first kappa shape index (κ1) is 16.1. The van der Waals surface area contributed by atoms with Gasteiger partial charge in [-0.15, -0.1) is 0 Å². The minimum atomic E-state index is 1.33. The lowest BCUT2D eigenvalue weighted by Crippen LogP contribution is -1.66. The molecule has 84 valence electrons. The molecule has 0 N–H and O–H groups in total. The number of hydrogen-bond donors (Lipinski definition) is 0. The maximum atomic E-state index is 2.28. The predicted molar refractivity (Wildman–Crippen MR) is 70.4 cm³/mol. The van der Waals surface area contributed by atoms with Crippen molar-refractivity contribution in [1.29, 1.82) is 0 Å². The number of hydrogen-bond acceptors (Lipinski definition) is 1. The van der Waals surface area contributed by atoms with Crippen LogP contribution in [-0.2, 0) is 12.8 Å². The molecule has 0 saturated heterocycles. The first-order valence-electron chi connectivity index (χ1n) is 6.01. The van der Waals surface area contributed by atoms with E-state index >= 15 is 0 Å². The fourth-order valence-electron chi connectivity index (χ4n) is 1.26. The molecule has 1 aromatic heterocycles. The molecule has 0 unspecified atom stereocenters. The summed E-state index contributed by atoms with van der Waals surface area (Å²) >= 11 is 1.84. The van der Waals surface area contributed by atoms with Crippen LogP contribution in [0.25, 0.3) is 0 Å². The van der Waals surface area contributed by atoms with E-state index in [4.69, 9.17) is 0 Å². The fraction of sp³-hybridized carbons (Fsp3) is 0.692. The molecule has 0 bridgehead atoms. The maximum absolute atomic E-state index is 2.28. The minimum Gasteiger partial charge on any atom is -0.152 e. The number of aryl methyl sites for hydroxylation is 2. The highest BCUT2D eigenvalue weighted by atomic mass is 32.1. The van der Waals surface area contributed by atoms with Gasteiger partial charge in [0.1, 0.15) is 0 Å². The summed E-state index contributed by atoms with van der Waals surface area (Å²) in [5.74, 6) is 0. The van der Waals surface area contributed by atoms with Gasteiger partial charge in [0.25, 0.3) is 0 Å². The van der Waals surface area contributed by atoms with E-state index in [1.54, 1.807) is 11.1 Å². The minimum absolute atomic E-state index is 1.33. The molecule has 0 radical (unpaired) electrons. The molecule has 0 aliphatic heterocycles. The Kier molecular flexibility index (Phi) is 14.6. The first-order chi connectivity index (χ1) is 6.97. The third-order valence-corrected chi connectivity index (χ3v) is 2.57. The van der Waals surface area contributed by atoms with Crippen molar-refractivity contribution in [2.24, 2.45) is 0 Å². The van der Waals surface area contributed by atoms with Crippen LogP contribution in [0, 0.1) is 0 Å². The third-order valence-electron chi connectivity index (χ3n) is 1.73. The normalized spacial score (nSPS) is 10.7. The molecule has 1 aromatic rings. The van der Waals surface area contributed by atoms with Crippen molar-refractivity contribution in [3.05, 3.63) is 21.9 Å². The van der Waals surface area contributed by atoms with Gasteiger partial charge < -0.3 is 0 Å². The predicted octanol–water partition coefficient (Wildman–Crippen LogP) is 5.32. The Morgan fingerprint density at radius 2 is 1.14 bits per heavy atom. The molecule has 1 heterocycles. The highest BCUT2D eigenvalue weighted by Gasteiger charge is 2.09. The van der Waals surface area contributed by atoms with Crippen LogP contribution < -0.4 is 0 Å². The second-order valence-corrected chi connectivity index (χ2v) is 3.02. The smallest absolute Gasteiger partial charge is 0.00584 e. The topological polar surface area (TPSA) is 0 Å². The van der Waals surface area contributed by atoms with E-state index in [1.165, 1.54) is 19.3 Å². The van der Waals surface area contributed by atoms with Crippen LogP contribution in [-0.4, -0.2) is 0 Å². The first-order valence-corrected chi connectivity index (χ1v) is 6.95. The van der Waals surface area contributed by atoms with Crippen molar-refractivity contribution in [3.63, 3.8) is 0 Å². The molecule has 0 atom stereocenters. The molecule has 0 aromatic carbocycles. The van der Waals surface area contributed by atoms with Crippen LogP contribution in [0.15, 0.2) is 10.8 Å². The molecular formula is C13H26S. The lowest BCUT2D eigenvalue weighted by Gasteiger charge is -1.79. The molecule has 1 heteroatoms. The van der Waals surface area contributed by atoms with Crippen LogP contribution in [0.3, 0.4) is 0 Å². The van der Waals surface area contributed by atoms with E-state index < -0.39 is 0 Å². The molecule has 0 nitrogen and oxygen atoms in total. The fourth-order valence-corrected chi connectivity index (χ4v) is 2.19. The van der Waals surface area contributed by atoms with Gasteiger partial charge >= 0.3 is 0 Å². The molecule has 0 amide bonds.